The second-order valence-electron chi connectivity index (χ2n) is 7.39. The third kappa shape index (κ3) is 4.09. The Morgan fingerprint density at radius 2 is 1.86 bits per heavy atom. The van der Waals surface area contributed by atoms with Crippen LogP contribution in [-0.4, -0.2) is 41.3 Å². The van der Waals surface area contributed by atoms with Crippen LogP contribution in [0.2, 0.25) is 0 Å². The van der Waals surface area contributed by atoms with E-state index in [1.54, 1.807) is 4.90 Å². The molecule has 1 atom stereocenters. The van der Waals surface area contributed by atoms with Crippen molar-refractivity contribution in [2.75, 3.05) is 19.6 Å². The predicted octanol–water partition coefficient (Wildman–Crippen LogP) is 3.38. The summed E-state index contributed by atoms with van der Waals surface area (Å²) in [6, 6.07) is 19.9. The van der Waals surface area contributed by atoms with Crippen LogP contribution in [0.15, 0.2) is 60.7 Å². The number of nitrogens with one attached hydrogen (secondary N) is 2. The molecule has 0 unspecified atom stereocenters. The highest BCUT2D eigenvalue weighted by atomic mass is 16.2. The Kier molecular flexibility index (Phi) is 5.42. The molecule has 2 N–H and O–H groups in total. The van der Waals surface area contributed by atoms with Crippen LogP contribution < -0.4 is 5.32 Å². The van der Waals surface area contributed by atoms with Crippen molar-refractivity contribution in [3.63, 3.8) is 0 Å². The van der Waals surface area contributed by atoms with Crippen LogP contribution in [-0.2, 0) is 11.2 Å². The minimum absolute atomic E-state index is 0.0296. The maximum atomic E-state index is 12.9. The third-order valence-electron chi connectivity index (χ3n) is 5.40. The molecule has 2 aromatic carbocycles. The highest BCUT2D eigenvalue weighted by molar-refractivity contribution is 5.98. The van der Waals surface area contributed by atoms with Gasteiger partial charge in [0.15, 0.2) is 0 Å². The Morgan fingerprint density at radius 1 is 1.07 bits per heavy atom. The summed E-state index contributed by atoms with van der Waals surface area (Å²) in [4.78, 5) is 30.5. The van der Waals surface area contributed by atoms with Crippen molar-refractivity contribution < 1.29 is 9.59 Å². The smallest absolute Gasteiger partial charge is 0.270 e. The molecular weight excluding hydrogens is 350 g/mol. The zero-order valence-electron chi connectivity index (χ0n) is 15.9. The molecule has 3 aromatic rings. The number of rotatable bonds is 5. The monoisotopic (exact) mass is 375 g/mol. The second-order valence-corrected chi connectivity index (χ2v) is 7.39. The van der Waals surface area contributed by atoms with E-state index in [4.69, 9.17) is 0 Å². The van der Waals surface area contributed by atoms with Gasteiger partial charge in [0.2, 0.25) is 5.91 Å². The lowest BCUT2D eigenvalue weighted by atomic mass is 9.96. The molecule has 1 aliphatic rings. The van der Waals surface area contributed by atoms with Crippen molar-refractivity contribution in [3.8, 4) is 0 Å². The molecule has 0 spiro atoms. The van der Waals surface area contributed by atoms with Crippen LogP contribution in [0.1, 0.15) is 28.9 Å². The number of para-hydroxylation sites is 1. The van der Waals surface area contributed by atoms with Gasteiger partial charge in [-0.1, -0.05) is 48.5 Å². The molecule has 1 saturated heterocycles. The summed E-state index contributed by atoms with van der Waals surface area (Å²) in [6.45, 7) is 1.79. The van der Waals surface area contributed by atoms with Gasteiger partial charge in [-0.05, 0) is 37.0 Å². The van der Waals surface area contributed by atoms with Gasteiger partial charge in [-0.25, -0.2) is 0 Å². The lowest BCUT2D eigenvalue weighted by molar-refractivity contribution is -0.126. The maximum Gasteiger partial charge on any atom is 0.270 e. The second kappa shape index (κ2) is 8.30. The standard InChI is InChI=1S/C23H25N3O2/c27-22(24-13-12-17-7-2-1-3-8-17)19-10-6-14-26(16-19)23(28)21-15-18-9-4-5-11-20(18)25-21/h1-5,7-9,11,15,19,25H,6,10,12-14,16H2,(H,24,27)/t19-/m1/s1. The van der Waals surface area contributed by atoms with Gasteiger partial charge in [0, 0.05) is 30.5 Å². The van der Waals surface area contributed by atoms with Crippen LogP contribution >= 0.6 is 0 Å². The first kappa shape index (κ1) is 18.3. The minimum Gasteiger partial charge on any atom is -0.355 e. The molecule has 0 bridgehead atoms. The van der Waals surface area contributed by atoms with E-state index in [1.165, 1.54) is 5.56 Å². The van der Waals surface area contributed by atoms with E-state index in [2.05, 4.69) is 22.4 Å². The summed E-state index contributed by atoms with van der Waals surface area (Å²) < 4.78 is 0. The van der Waals surface area contributed by atoms with E-state index in [-0.39, 0.29) is 17.7 Å². The Morgan fingerprint density at radius 3 is 2.68 bits per heavy atom. The number of aromatic amines is 1. The number of likely N-dealkylation sites (tertiary alicyclic amines) is 1. The molecular formula is C23H25N3O2. The normalized spacial score (nSPS) is 16.9. The van der Waals surface area contributed by atoms with E-state index in [0.717, 1.165) is 30.2 Å². The van der Waals surface area contributed by atoms with Crippen molar-refractivity contribution in [2.45, 2.75) is 19.3 Å². The van der Waals surface area contributed by atoms with Crippen LogP contribution in [0.25, 0.3) is 10.9 Å². The molecule has 28 heavy (non-hydrogen) atoms. The first-order valence-electron chi connectivity index (χ1n) is 9.89. The number of benzene rings is 2. The summed E-state index contributed by atoms with van der Waals surface area (Å²) in [5, 5.41) is 4.06. The molecule has 1 aromatic heterocycles. The molecule has 1 aliphatic heterocycles. The van der Waals surface area contributed by atoms with Gasteiger partial charge < -0.3 is 15.2 Å². The minimum atomic E-state index is -0.141. The molecule has 0 radical (unpaired) electrons. The highest BCUT2D eigenvalue weighted by Crippen LogP contribution is 2.21. The number of hydrogen-bond donors (Lipinski definition) is 2. The van der Waals surface area contributed by atoms with E-state index >= 15 is 0 Å². The van der Waals surface area contributed by atoms with Gasteiger partial charge in [-0.2, -0.15) is 0 Å². The number of H-pyrrole nitrogens is 1. The number of piperidine rings is 1. The molecule has 2 heterocycles. The lowest BCUT2D eigenvalue weighted by Crippen LogP contribution is -2.45. The fraction of sp³-hybridized carbons (Fsp3) is 0.304. The van der Waals surface area contributed by atoms with Crippen molar-refractivity contribution in [1.29, 1.82) is 0 Å². The Hall–Kier alpha value is -3.08. The number of hydrogen-bond acceptors (Lipinski definition) is 2. The first-order valence-corrected chi connectivity index (χ1v) is 9.89. The van der Waals surface area contributed by atoms with E-state index in [1.807, 2.05) is 48.5 Å². The SMILES string of the molecule is O=C(NCCc1ccccc1)[C@@H]1CCCN(C(=O)c2cc3ccccc3[nH]2)C1. The predicted molar refractivity (Wildman–Crippen MR) is 110 cm³/mol. The van der Waals surface area contributed by atoms with Crippen molar-refractivity contribution in [2.24, 2.45) is 5.92 Å². The molecule has 5 nitrogen and oxygen atoms in total. The summed E-state index contributed by atoms with van der Waals surface area (Å²) in [5.41, 5.74) is 2.76. The molecule has 5 heteroatoms. The highest BCUT2D eigenvalue weighted by Gasteiger charge is 2.29. The van der Waals surface area contributed by atoms with Crippen LogP contribution in [0.5, 0.6) is 0 Å². The Labute approximate surface area is 164 Å². The number of amides is 2. The van der Waals surface area contributed by atoms with Crippen molar-refractivity contribution >= 4 is 22.7 Å². The van der Waals surface area contributed by atoms with E-state index in [0.29, 0.717) is 25.3 Å². The zero-order valence-corrected chi connectivity index (χ0v) is 15.9. The lowest BCUT2D eigenvalue weighted by Gasteiger charge is -2.31. The van der Waals surface area contributed by atoms with E-state index in [9.17, 15) is 9.59 Å². The first-order chi connectivity index (χ1) is 13.7. The van der Waals surface area contributed by atoms with Crippen LogP contribution in [0.3, 0.4) is 0 Å². The molecule has 1 fully saturated rings. The van der Waals surface area contributed by atoms with Gasteiger partial charge in [-0.3, -0.25) is 9.59 Å². The van der Waals surface area contributed by atoms with Gasteiger partial charge in [0.05, 0.1) is 5.92 Å². The maximum absolute atomic E-state index is 12.9. The summed E-state index contributed by atoms with van der Waals surface area (Å²) in [7, 11) is 0. The zero-order chi connectivity index (χ0) is 19.3. The van der Waals surface area contributed by atoms with Gasteiger partial charge in [-0.15, -0.1) is 0 Å². The molecule has 0 aliphatic carbocycles. The average Bonchev–Trinajstić information content (AvgIpc) is 3.18. The number of fused-ring (bicyclic) bond motifs is 1. The molecule has 2 amide bonds. The largest absolute Gasteiger partial charge is 0.355 e. The number of nitrogens with zero attached hydrogens (tertiary/aromatic N) is 1. The van der Waals surface area contributed by atoms with Gasteiger partial charge >= 0.3 is 0 Å². The van der Waals surface area contributed by atoms with Crippen LogP contribution in [0, 0.1) is 5.92 Å². The molecule has 144 valence electrons. The number of carbonyl (C=O) groups is 2. The van der Waals surface area contributed by atoms with Gasteiger partial charge in [0.1, 0.15) is 5.69 Å². The summed E-state index contributed by atoms with van der Waals surface area (Å²) >= 11 is 0. The molecule has 4 rings (SSSR count). The molecule has 0 saturated carbocycles. The average molecular weight is 375 g/mol. The fourth-order valence-corrected chi connectivity index (χ4v) is 3.85. The Balaban J connectivity index is 1.34. The topological polar surface area (TPSA) is 65.2 Å². The summed E-state index contributed by atoms with van der Waals surface area (Å²) in [5.74, 6) is -0.124. The quantitative estimate of drug-likeness (QED) is 0.718. The summed E-state index contributed by atoms with van der Waals surface area (Å²) in [6.07, 6.45) is 2.49. The van der Waals surface area contributed by atoms with Gasteiger partial charge in [0.25, 0.3) is 5.91 Å². The van der Waals surface area contributed by atoms with Crippen LogP contribution in [0.4, 0.5) is 0 Å². The van der Waals surface area contributed by atoms with E-state index < -0.39 is 0 Å². The van der Waals surface area contributed by atoms with Crippen molar-refractivity contribution in [1.82, 2.24) is 15.2 Å². The Bertz CT molecular complexity index is 931. The fourth-order valence-electron chi connectivity index (χ4n) is 3.85. The van der Waals surface area contributed by atoms with Crippen molar-refractivity contribution in [3.05, 3.63) is 71.9 Å². The number of carbonyl (C=O) groups excluding carboxylic acids is 2. The number of aromatic nitrogens is 1. The third-order valence-corrected chi connectivity index (χ3v) is 5.40.